The van der Waals surface area contributed by atoms with E-state index >= 15 is 0 Å². The van der Waals surface area contributed by atoms with Crippen molar-refractivity contribution in [1.82, 2.24) is 4.57 Å². The molecule has 3 aromatic rings. The number of hydrogen-bond donors (Lipinski definition) is 2. The Morgan fingerprint density at radius 3 is 2.35 bits per heavy atom. The van der Waals surface area contributed by atoms with Gasteiger partial charge in [0.25, 0.3) is 0 Å². The molecule has 0 unspecified atom stereocenters. The number of phenols is 2. The van der Waals surface area contributed by atoms with Gasteiger partial charge < -0.3 is 14.8 Å². The van der Waals surface area contributed by atoms with Gasteiger partial charge in [0.1, 0.15) is 11.5 Å². The second-order valence-corrected chi connectivity index (χ2v) is 5.40. The molecule has 2 aromatic carbocycles. The molecule has 1 heterocycles. The average molecular weight is 305 g/mol. The number of allylic oxidation sites excluding steroid dienone is 2. The van der Waals surface area contributed by atoms with Gasteiger partial charge in [-0.2, -0.15) is 0 Å². The number of benzene rings is 2. The number of hydrogen-bond acceptors (Lipinski definition) is 2. The molecule has 0 aliphatic carbocycles. The molecule has 0 bridgehead atoms. The highest BCUT2D eigenvalue weighted by Crippen LogP contribution is 2.43. The van der Waals surface area contributed by atoms with E-state index in [0.29, 0.717) is 18.5 Å². The summed E-state index contributed by atoms with van der Waals surface area (Å²) < 4.78 is 2.10. The Kier molecular flexibility index (Phi) is 3.94. The maximum atomic E-state index is 10.4. The first-order chi connectivity index (χ1) is 11.2. The van der Waals surface area contributed by atoms with E-state index in [1.165, 1.54) is 0 Å². The van der Waals surface area contributed by atoms with Crippen LogP contribution in [0.15, 0.2) is 67.8 Å². The number of para-hydroxylation sites is 1. The van der Waals surface area contributed by atoms with Crippen molar-refractivity contribution >= 4 is 10.9 Å². The normalized spacial score (nSPS) is 10.8. The summed E-state index contributed by atoms with van der Waals surface area (Å²) in [6, 6.07) is 12.6. The van der Waals surface area contributed by atoms with E-state index in [1.807, 2.05) is 36.4 Å². The molecule has 0 atom stereocenters. The number of fused-ring (bicyclic) bond motifs is 1. The van der Waals surface area contributed by atoms with Crippen LogP contribution in [0.25, 0.3) is 22.0 Å². The molecule has 3 nitrogen and oxygen atoms in total. The summed E-state index contributed by atoms with van der Waals surface area (Å²) in [5, 5.41) is 21.5. The van der Waals surface area contributed by atoms with Gasteiger partial charge >= 0.3 is 0 Å². The molecule has 3 heteroatoms. The van der Waals surface area contributed by atoms with Crippen LogP contribution in [0.2, 0.25) is 0 Å². The van der Waals surface area contributed by atoms with E-state index in [1.54, 1.807) is 18.2 Å². The Bertz CT molecular complexity index is 890. The minimum absolute atomic E-state index is 0.193. The van der Waals surface area contributed by atoms with Gasteiger partial charge in [-0.1, -0.05) is 36.4 Å². The Morgan fingerprint density at radius 1 is 0.913 bits per heavy atom. The third kappa shape index (κ3) is 2.40. The van der Waals surface area contributed by atoms with Crippen LogP contribution in [0.4, 0.5) is 0 Å². The molecule has 0 saturated heterocycles. The van der Waals surface area contributed by atoms with Crippen LogP contribution in [0.5, 0.6) is 11.5 Å². The molecule has 23 heavy (non-hydrogen) atoms. The van der Waals surface area contributed by atoms with Gasteiger partial charge in [-0.3, -0.25) is 0 Å². The van der Waals surface area contributed by atoms with Crippen LogP contribution in [0.3, 0.4) is 0 Å². The second kappa shape index (κ2) is 6.05. The van der Waals surface area contributed by atoms with Gasteiger partial charge in [0.2, 0.25) is 0 Å². The van der Waals surface area contributed by atoms with Crippen molar-refractivity contribution in [2.75, 3.05) is 0 Å². The summed E-state index contributed by atoms with van der Waals surface area (Å²) in [6.45, 7) is 8.29. The zero-order valence-corrected chi connectivity index (χ0v) is 12.9. The fraction of sp³-hybridized carbons (Fsp3) is 0.100. The van der Waals surface area contributed by atoms with E-state index in [0.717, 1.165) is 22.2 Å². The maximum absolute atomic E-state index is 10.4. The maximum Gasteiger partial charge on any atom is 0.125 e. The summed E-state index contributed by atoms with van der Waals surface area (Å²) in [5.74, 6) is 0.396. The van der Waals surface area contributed by atoms with E-state index < -0.39 is 0 Å². The number of nitrogens with zero attached hydrogens (tertiary/aromatic N) is 1. The first kappa shape index (κ1) is 15.0. The SMILES string of the molecule is C=CCc1c(-c2ccccc2O)c2c(O)cccc2n1CC=C. The largest absolute Gasteiger partial charge is 0.507 e. The number of aromatic nitrogens is 1. The number of rotatable bonds is 5. The van der Waals surface area contributed by atoms with Crippen LogP contribution in [0.1, 0.15) is 5.69 Å². The van der Waals surface area contributed by atoms with E-state index in [2.05, 4.69) is 17.7 Å². The number of phenolic OH excluding ortho intramolecular Hbond substituents is 2. The topological polar surface area (TPSA) is 45.4 Å². The number of aromatic hydroxyl groups is 2. The smallest absolute Gasteiger partial charge is 0.125 e. The van der Waals surface area contributed by atoms with Gasteiger partial charge in [0, 0.05) is 35.2 Å². The zero-order chi connectivity index (χ0) is 16.4. The molecule has 0 aliphatic rings. The van der Waals surface area contributed by atoms with Gasteiger partial charge in [-0.25, -0.2) is 0 Å². The highest BCUT2D eigenvalue weighted by molar-refractivity contribution is 6.03. The van der Waals surface area contributed by atoms with Crippen LogP contribution >= 0.6 is 0 Å². The van der Waals surface area contributed by atoms with Crippen LogP contribution in [0, 0.1) is 0 Å². The van der Waals surface area contributed by atoms with Crippen molar-refractivity contribution in [3.8, 4) is 22.6 Å². The molecule has 1 aromatic heterocycles. The van der Waals surface area contributed by atoms with Gasteiger partial charge in [-0.05, 0) is 18.2 Å². The Balaban J connectivity index is 2.48. The van der Waals surface area contributed by atoms with Crippen molar-refractivity contribution < 1.29 is 10.2 Å². The summed E-state index contributed by atoms with van der Waals surface area (Å²) in [6.07, 6.45) is 4.28. The third-order valence-electron chi connectivity index (χ3n) is 4.00. The zero-order valence-electron chi connectivity index (χ0n) is 12.9. The molecular formula is C20H19NO2. The molecule has 0 radical (unpaired) electrons. The lowest BCUT2D eigenvalue weighted by atomic mass is 9.99. The third-order valence-corrected chi connectivity index (χ3v) is 4.00. The highest BCUT2D eigenvalue weighted by atomic mass is 16.3. The molecule has 0 saturated carbocycles. The van der Waals surface area contributed by atoms with Crippen molar-refractivity contribution in [1.29, 1.82) is 0 Å². The summed E-state index contributed by atoms with van der Waals surface area (Å²) in [5.41, 5.74) is 3.47. The standard InChI is InChI=1S/C20H19NO2/c1-3-8-15-19(14-9-5-6-11-17(14)22)20-16(21(15)13-4-2)10-7-12-18(20)23/h3-7,9-12,22-23H,1-2,8,13H2. The minimum atomic E-state index is 0.193. The lowest BCUT2D eigenvalue weighted by Crippen LogP contribution is -2.01. The van der Waals surface area contributed by atoms with Crippen LogP contribution in [-0.4, -0.2) is 14.8 Å². The van der Waals surface area contributed by atoms with Crippen LogP contribution < -0.4 is 0 Å². The quantitative estimate of drug-likeness (QED) is 0.675. The fourth-order valence-corrected chi connectivity index (χ4v) is 3.10. The summed E-state index contributed by atoms with van der Waals surface area (Å²) in [4.78, 5) is 0. The van der Waals surface area contributed by atoms with Gasteiger partial charge in [-0.15, -0.1) is 13.2 Å². The summed E-state index contributed by atoms with van der Waals surface area (Å²) >= 11 is 0. The van der Waals surface area contributed by atoms with E-state index in [9.17, 15) is 10.2 Å². The predicted octanol–water partition coefficient (Wildman–Crippen LogP) is 4.63. The van der Waals surface area contributed by atoms with Crippen LogP contribution in [-0.2, 0) is 13.0 Å². The van der Waals surface area contributed by atoms with Crippen molar-refractivity contribution in [3.63, 3.8) is 0 Å². The Hall–Kier alpha value is -2.94. The summed E-state index contributed by atoms with van der Waals surface area (Å²) in [7, 11) is 0. The second-order valence-electron chi connectivity index (χ2n) is 5.40. The highest BCUT2D eigenvalue weighted by Gasteiger charge is 2.21. The molecule has 0 amide bonds. The fourth-order valence-electron chi connectivity index (χ4n) is 3.10. The lowest BCUT2D eigenvalue weighted by molar-refractivity contribution is 0.477. The Labute approximate surface area is 135 Å². The van der Waals surface area contributed by atoms with Gasteiger partial charge in [0.05, 0.1) is 5.52 Å². The van der Waals surface area contributed by atoms with Crippen molar-refractivity contribution in [3.05, 3.63) is 73.5 Å². The molecule has 2 N–H and O–H groups in total. The minimum Gasteiger partial charge on any atom is -0.507 e. The lowest BCUT2D eigenvalue weighted by Gasteiger charge is -2.10. The van der Waals surface area contributed by atoms with Crippen molar-refractivity contribution in [2.45, 2.75) is 13.0 Å². The first-order valence-corrected chi connectivity index (χ1v) is 7.52. The molecule has 116 valence electrons. The van der Waals surface area contributed by atoms with E-state index in [4.69, 9.17) is 0 Å². The van der Waals surface area contributed by atoms with Gasteiger partial charge in [0.15, 0.2) is 0 Å². The van der Waals surface area contributed by atoms with E-state index in [-0.39, 0.29) is 11.5 Å². The molecule has 0 fully saturated rings. The van der Waals surface area contributed by atoms with Crippen molar-refractivity contribution in [2.24, 2.45) is 0 Å². The molecule has 0 spiro atoms. The Morgan fingerprint density at radius 2 is 1.65 bits per heavy atom. The average Bonchev–Trinajstić information content (AvgIpc) is 2.84. The first-order valence-electron chi connectivity index (χ1n) is 7.52. The molecular weight excluding hydrogens is 286 g/mol. The molecule has 0 aliphatic heterocycles. The monoisotopic (exact) mass is 305 g/mol. The predicted molar refractivity (Wildman–Crippen MR) is 94.8 cm³/mol. The molecule has 3 rings (SSSR count).